The van der Waals surface area contributed by atoms with Crippen LogP contribution in [0.15, 0.2) is 24.3 Å². The largest absolute Gasteiger partial charge is 0.394 e. The zero-order chi connectivity index (χ0) is 39.1. The van der Waals surface area contributed by atoms with E-state index in [1.54, 1.807) is 0 Å². The van der Waals surface area contributed by atoms with Crippen LogP contribution in [0.4, 0.5) is 0 Å². The summed E-state index contributed by atoms with van der Waals surface area (Å²) in [6, 6.07) is -1.17. The van der Waals surface area contributed by atoms with E-state index >= 15 is 0 Å². The van der Waals surface area contributed by atoms with Crippen LogP contribution in [0, 0.1) is 0 Å². The van der Waals surface area contributed by atoms with E-state index in [0.29, 0.717) is 19.3 Å². The average Bonchev–Trinajstić information content (AvgIpc) is 3.16. The molecule has 1 fully saturated rings. The van der Waals surface area contributed by atoms with Crippen LogP contribution in [0.3, 0.4) is 0 Å². The van der Waals surface area contributed by atoms with Crippen LogP contribution in [0.1, 0.15) is 168 Å². The van der Waals surface area contributed by atoms with E-state index < -0.39 is 74.2 Å². The number of carbonyl (C=O) groups excluding carboxylic acids is 1. The Morgan fingerprint density at radius 1 is 0.660 bits per heavy atom. The molecule has 0 aliphatic carbocycles. The number of aliphatic hydroxyl groups is 7. The number of carbonyl (C=O) groups is 1. The molecule has 1 rings (SSSR count). The van der Waals surface area contributed by atoms with Gasteiger partial charge in [0.05, 0.1) is 25.4 Å². The molecule has 0 bridgehead atoms. The monoisotopic (exact) mass is 758 g/mol. The first-order valence-corrected chi connectivity index (χ1v) is 21.3. The van der Waals surface area contributed by atoms with Gasteiger partial charge in [0.15, 0.2) is 6.29 Å². The topological polar surface area (TPSA) is 189 Å². The summed E-state index contributed by atoms with van der Waals surface area (Å²) in [5, 5.41) is 75.2. The Morgan fingerprint density at radius 2 is 1.13 bits per heavy atom. The average molecular weight is 758 g/mol. The first kappa shape index (κ1) is 49.6. The van der Waals surface area contributed by atoms with Crippen LogP contribution < -0.4 is 5.32 Å². The highest BCUT2D eigenvalue weighted by Gasteiger charge is 2.44. The maximum absolute atomic E-state index is 13.0. The second-order valence-corrected chi connectivity index (χ2v) is 15.1. The molecule has 0 spiro atoms. The molecule has 11 nitrogen and oxygen atoms in total. The number of aliphatic hydroxyl groups excluding tert-OH is 7. The van der Waals surface area contributed by atoms with Crippen molar-refractivity contribution in [1.29, 1.82) is 0 Å². The molecule has 9 unspecified atom stereocenters. The van der Waals surface area contributed by atoms with Gasteiger partial charge < -0.3 is 50.5 Å². The van der Waals surface area contributed by atoms with Crippen molar-refractivity contribution in [1.82, 2.24) is 5.32 Å². The van der Waals surface area contributed by atoms with Crippen molar-refractivity contribution in [2.45, 2.75) is 223 Å². The molecule has 0 aromatic carbocycles. The van der Waals surface area contributed by atoms with Crippen LogP contribution in [0.2, 0.25) is 0 Å². The summed E-state index contributed by atoms with van der Waals surface area (Å²) in [6.45, 7) is 3.34. The smallest absolute Gasteiger partial charge is 0.249 e. The molecule has 0 radical (unpaired) electrons. The number of unbranched alkanes of at least 4 members (excludes halogenated alkanes) is 19. The van der Waals surface area contributed by atoms with Crippen molar-refractivity contribution >= 4 is 5.91 Å². The minimum absolute atomic E-state index is 0.254. The van der Waals surface area contributed by atoms with Crippen molar-refractivity contribution in [3.63, 3.8) is 0 Å². The number of rotatable bonds is 34. The first-order valence-electron chi connectivity index (χ1n) is 21.3. The van der Waals surface area contributed by atoms with E-state index in [1.807, 2.05) is 0 Å². The molecular formula is C42H79NO10. The van der Waals surface area contributed by atoms with Gasteiger partial charge >= 0.3 is 0 Å². The second kappa shape index (κ2) is 32.8. The van der Waals surface area contributed by atoms with Gasteiger partial charge in [-0.15, -0.1) is 0 Å². The SMILES string of the molecule is CCCCC/C=C\C=C/CCCCCCCCCCCC(O)C(=O)NC(COC1OC(CO)C(O)C(O)C1O)C(O)C(O)CCCCCCCCCC. The Balaban J connectivity index is 2.45. The second-order valence-electron chi connectivity index (χ2n) is 15.1. The predicted molar refractivity (Wildman–Crippen MR) is 210 cm³/mol. The van der Waals surface area contributed by atoms with Gasteiger partial charge in [0.25, 0.3) is 0 Å². The zero-order valence-corrected chi connectivity index (χ0v) is 33.2. The summed E-state index contributed by atoms with van der Waals surface area (Å²) < 4.78 is 11.0. The van der Waals surface area contributed by atoms with Crippen molar-refractivity contribution in [3.8, 4) is 0 Å². The van der Waals surface area contributed by atoms with Gasteiger partial charge in [0.2, 0.25) is 5.91 Å². The van der Waals surface area contributed by atoms with Crippen LogP contribution in [-0.4, -0.2) is 110 Å². The molecule has 312 valence electrons. The molecule has 8 N–H and O–H groups in total. The predicted octanol–water partition coefficient (Wildman–Crippen LogP) is 5.89. The number of nitrogens with one attached hydrogen (secondary N) is 1. The van der Waals surface area contributed by atoms with Gasteiger partial charge in [-0.3, -0.25) is 4.79 Å². The molecule has 0 aromatic rings. The fraction of sp³-hybridized carbons (Fsp3) is 0.881. The molecule has 0 aromatic heterocycles. The molecule has 1 heterocycles. The van der Waals surface area contributed by atoms with Gasteiger partial charge in [-0.1, -0.05) is 154 Å². The third kappa shape index (κ3) is 23.3. The minimum atomic E-state index is -1.66. The van der Waals surface area contributed by atoms with Gasteiger partial charge in [-0.2, -0.15) is 0 Å². The quantitative estimate of drug-likeness (QED) is 0.0291. The van der Waals surface area contributed by atoms with Crippen molar-refractivity contribution in [2.75, 3.05) is 13.2 Å². The number of hydrogen-bond donors (Lipinski definition) is 8. The normalized spacial score (nSPS) is 23.1. The maximum atomic E-state index is 13.0. The standard InChI is InChI=1S/C42H79NO10/c1-3-5-7-9-11-13-14-15-16-17-18-19-20-21-22-24-26-28-30-35(46)41(51)43-33(32-52-42-40(50)39(49)38(48)36(31-44)53-42)37(47)34(45)29-27-25-23-12-10-8-6-4-2/h11,13-15,33-40,42,44-50H,3-10,12,16-32H2,1-2H3,(H,43,51)/b13-11-,15-14-. The molecule has 1 aliphatic heterocycles. The van der Waals surface area contributed by atoms with Crippen LogP contribution in [0.5, 0.6) is 0 Å². The Morgan fingerprint density at radius 3 is 1.68 bits per heavy atom. The van der Waals surface area contributed by atoms with Gasteiger partial charge in [0.1, 0.15) is 36.6 Å². The molecule has 1 aliphatic rings. The minimum Gasteiger partial charge on any atom is -0.394 e. The summed E-state index contributed by atoms with van der Waals surface area (Å²) in [4.78, 5) is 13.0. The number of allylic oxidation sites excluding steroid dienone is 4. The van der Waals surface area contributed by atoms with E-state index in [0.717, 1.165) is 44.9 Å². The van der Waals surface area contributed by atoms with Gasteiger partial charge in [0, 0.05) is 0 Å². The zero-order valence-electron chi connectivity index (χ0n) is 33.2. The third-order valence-corrected chi connectivity index (χ3v) is 10.3. The molecule has 9 atom stereocenters. The molecule has 53 heavy (non-hydrogen) atoms. The summed E-state index contributed by atoms with van der Waals surface area (Å²) in [5.74, 6) is -0.705. The van der Waals surface area contributed by atoms with Crippen LogP contribution >= 0.6 is 0 Å². The van der Waals surface area contributed by atoms with Crippen molar-refractivity contribution in [2.24, 2.45) is 0 Å². The lowest BCUT2D eigenvalue weighted by Gasteiger charge is -2.40. The molecule has 1 saturated heterocycles. The van der Waals surface area contributed by atoms with E-state index in [9.17, 15) is 40.5 Å². The third-order valence-electron chi connectivity index (χ3n) is 10.3. The Hall–Kier alpha value is -1.41. The van der Waals surface area contributed by atoms with Crippen LogP contribution in [-0.2, 0) is 14.3 Å². The van der Waals surface area contributed by atoms with Crippen LogP contribution in [0.25, 0.3) is 0 Å². The Bertz CT molecular complexity index is 918. The van der Waals surface area contributed by atoms with Gasteiger partial charge in [-0.05, 0) is 38.5 Å². The van der Waals surface area contributed by atoms with E-state index in [2.05, 4.69) is 43.5 Å². The maximum Gasteiger partial charge on any atom is 0.249 e. The van der Waals surface area contributed by atoms with Crippen molar-refractivity contribution < 1.29 is 50.0 Å². The number of ether oxygens (including phenoxy) is 2. The summed E-state index contributed by atoms with van der Waals surface area (Å²) in [7, 11) is 0. The lowest BCUT2D eigenvalue weighted by Crippen LogP contribution is -2.60. The van der Waals surface area contributed by atoms with E-state index in [4.69, 9.17) is 9.47 Å². The fourth-order valence-electron chi connectivity index (χ4n) is 6.66. The molecular weight excluding hydrogens is 678 g/mol. The fourth-order valence-corrected chi connectivity index (χ4v) is 6.66. The number of hydrogen-bond acceptors (Lipinski definition) is 10. The van der Waals surface area contributed by atoms with Crippen molar-refractivity contribution in [3.05, 3.63) is 24.3 Å². The van der Waals surface area contributed by atoms with E-state index in [1.165, 1.54) is 83.5 Å². The highest BCUT2D eigenvalue weighted by Crippen LogP contribution is 2.23. The summed E-state index contributed by atoms with van der Waals surface area (Å²) in [6.07, 6.45) is 22.4. The Labute approximate surface area is 321 Å². The summed E-state index contributed by atoms with van der Waals surface area (Å²) >= 11 is 0. The first-order chi connectivity index (χ1) is 25.7. The highest BCUT2D eigenvalue weighted by atomic mass is 16.7. The highest BCUT2D eigenvalue weighted by molar-refractivity contribution is 5.80. The lowest BCUT2D eigenvalue weighted by atomic mass is 9.98. The summed E-state index contributed by atoms with van der Waals surface area (Å²) in [5.41, 5.74) is 0. The molecule has 1 amide bonds. The van der Waals surface area contributed by atoms with Gasteiger partial charge in [-0.25, -0.2) is 0 Å². The van der Waals surface area contributed by atoms with E-state index in [-0.39, 0.29) is 6.42 Å². The molecule has 11 heteroatoms. The lowest BCUT2D eigenvalue weighted by molar-refractivity contribution is -0.303. The molecule has 0 saturated carbocycles. The Kier molecular flexibility index (Phi) is 30.7. The number of amides is 1.